The second-order valence-electron chi connectivity index (χ2n) is 5.92. The third kappa shape index (κ3) is 8.54. The number of rotatable bonds is 11. The molecule has 0 fully saturated rings. The molecule has 0 aliphatic rings. The van der Waals surface area contributed by atoms with Crippen LogP contribution in [0.15, 0.2) is 35.4 Å². The van der Waals surface area contributed by atoms with Gasteiger partial charge in [0.15, 0.2) is 0 Å². The molecule has 0 spiro atoms. The van der Waals surface area contributed by atoms with Gasteiger partial charge in [-0.1, -0.05) is 70.1 Å². The molecule has 0 aliphatic heterocycles. The van der Waals surface area contributed by atoms with Crippen molar-refractivity contribution in [3.8, 4) is 0 Å². The highest BCUT2D eigenvalue weighted by molar-refractivity contribution is 5.82. The minimum absolute atomic E-state index is 1.12. The molecule has 2 heteroatoms. The lowest BCUT2D eigenvalue weighted by molar-refractivity contribution is 0.580. The maximum absolute atomic E-state index is 4.66. The molecule has 21 heavy (non-hydrogen) atoms. The first-order valence-corrected chi connectivity index (χ1v) is 8.57. The first-order valence-electron chi connectivity index (χ1n) is 8.57. The van der Waals surface area contributed by atoms with Crippen LogP contribution >= 0.6 is 0 Å². The average Bonchev–Trinajstić information content (AvgIpc) is 2.50. The molecule has 0 radical (unpaired) electrons. The smallest absolute Gasteiger partial charge is 0.0590 e. The number of anilines is 1. The number of benzene rings is 1. The predicted molar refractivity (Wildman–Crippen MR) is 95.2 cm³/mol. The molecule has 1 aromatic rings. The SMILES string of the molecule is CCCCCCCCCCC(C)=NN(C)c1ccccc1. The Bertz CT molecular complexity index is 384. The summed E-state index contributed by atoms with van der Waals surface area (Å²) >= 11 is 0. The van der Waals surface area contributed by atoms with Crippen molar-refractivity contribution in [1.82, 2.24) is 0 Å². The Balaban J connectivity index is 2.13. The number of hydrazone groups is 1. The molecule has 2 nitrogen and oxygen atoms in total. The van der Waals surface area contributed by atoms with Gasteiger partial charge in [-0.2, -0.15) is 5.10 Å². The number of nitrogens with zero attached hydrogens (tertiary/aromatic N) is 2. The van der Waals surface area contributed by atoms with Crippen LogP contribution in [0.25, 0.3) is 0 Å². The average molecular weight is 288 g/mol. The van der Waals surface area contributed by atoms with E-state index < -0.39 is 0 Å². The number of unbranched alkanes of at least 4 members (excludes halogenated alkanes) is 7. The van der Waals surface area contributed by atoms with Crippen molar-refractivity contribution in [2.75, 3.05) is 12.1 Å². The second-order valence-corrected chi connectivity index (χ2v) is 5.92. The van der Waals surface area contributed by atoms with Crippen LogP contribution in [0.1, 0.15) is 71.6 Å². The van der Waals surface area contributed by atoms with Crippen LogP contribution in [0, 0.1) is 0 Å². The molecule has 118 valence electrons. The topological polar surface area (TPSA) is 15.6 Å². The molecule has 0 unspecified atom stereocenters. The fourth-order valence-corrected chi connectivity index (χ4v) is 2.52. The normalized spacial score (nSPS) is 11.7. The zero-order valence-electron chi connectivity index (χ0n) is 14.1. The van der Waals surface area contributed by atoms with E-state index in [-0.39, 0.29) is 0 Å². The minimum Gasteiger partial charge on any atom is -0.269 e. The van der Waals surface area contributed by atoms with Crippen LogP contribution in [-0.2, 0) is 0 Å². The summed E-state index contributed by atoms with van der Waals surface area (Å²) in [7, 11) is 2.02. The number of hydrogen-bond acceptors (Lipinski definition) is 2. The van der Waals surface area contributed by atoms with Crippen LogP contribution < -0.4 is 5.01 Å². The summed E-state index contributed by atoms with van der Waals surface area (Å²) < 4.78 is 0. The third-order valence-corrected chi connectivity index (χ3v) is 3.84. The van der Waals surface area contributed by atoms with Crippen LogP contribution in [0.5, 0.6) is 0 Å². The van der Waals surface area contributed by atoms with E-state index in [1.807, 2.05) is 18.1 Å². The van der Waals surface area contributed by atoms with E-state index in [9.17, 15) is 0 Å². The lowest BCUT2D eigenvalue weighted by atomic mass is 10.1. The Hall–Kier alpha value is -1.31. The first kappa shape index (κ1) is 17.7. The van der Waals surface area contributed by atoms with Crippen molar-refractivity contribution < 1.29 is 0 Å². The summed E-state index contributed by atoms with van der Waals surface area (Å²) in [6, 6.07) is 10.3. The van der Waals surface area contributed by atoms with Crippen molar-refractivity contribution in [3.63, 3.8) is 0 Å². The maximum atomic E-state index is 4.66. The van der Waals surface area contributed by atoms with E-state index in [1.165, 1.54) is 57.1 Å². The summed E-state index contributed by atoms with van der Waals surface area (Å²) in [4.78, 5) is 0. The molecule has 0 saturated carbocycles. The van der Waals surface area contributed by atoms with E-state index in [2.05, 4.69) is 43.2 Å². The van der Waals surface area contributed by atoms with E-state index in [0.29, 0.717) is 0 Å². The Morgan fingerprint density at radius 2 is 1.48 bits per heavy atom. The molecule has 0 heterocycles. The Labute approximate surface area is 131 Å². The second kappa shape index (κ2) is 11.4. The van der Waals surface area contributed by atoms with Gasteiger partial charge in [0.25, 0.3) is 0 Å². The first-order chi connectivity index (χ1) is 10.2. The number of para-hydroxylation sites is 1. The van der Waals surface area contributed by atoms with Crippen LogP contribution in [0.4, 0.5) is 5.69 Å². The van der Waals surface area contributed by atoms with E-state index in [0.717, 1.165) is 12.1 Å². The summed E-state index contributed by atoms with van der Waals surface area (Å²) in [6.45, 7) is 4.41. The molecule has 0 atom stereocenters. The number of hydrogen-bond donors (Lipinski definition) is 0. The van der Waals surface area contributed by atoms with E-state index in [1.54, 1.807) is 0 Å². The standard InChI is InChI=1S/C19H32N2/c1-4-5-6-7-8-9-10-12-15-18(2)20-21(3)19-16-13-11-14-17-19/h11,13-14,16-17H,4-10,12,15H2,1-3H3. The molecule has 0 saturated heterocycles. The van der Waals surface area contributed by atoms with Gasteiger partial charge in [-0.3, -0.25) is 5.01 Å². The minimum atomic E-state index is 1.12. The molecule has 0 amide bonds. The summed E-state index contributed by atoms with van der Waals surface area (Å²) in [5.74, 6) is 0. The highest BCUT2D eigenvalue weighted by Crippen LogP contribution is 2.13. The molecular formula is C19H32N2. The van der Waals surface area contributed by atoms with Gasteiger partial charge < -0.3 is 0 Å². The summed E-state index contributed by atoms with van der Waals surface area (Å²) in [5, 5.41) is 6.63. The van der Waals surface area contributed by atoms with E-state index >= 15 is 0 Å². The highest BCUT2D eigenvalue weighted by Gasteiger charge is 1.99. The Morgan fingerprint density at radius 3 is 2.10 bits per heavy atom. The van der Waals surface area contributed by atoms with Crippen LogP contribution in [-0.4, -0.2) is 12.8 Å². The zero-order valence-corrected chi connectivity index (χ0v) is 14.1. The van der Waals surface area contributed by atoms with Gasteiger partial charge in [0.1, 0.15) is 0 Å². The van der Waals surface area contributed by atoms with Crippen molar-refractivity contribution >= 4 is 11.4 Å². The fraction of sp³-hybridized carbons (Fsp3) is 0.632. The predicted octanol–water partition coefficient (Wildman–Crippen LogP) is 6.03. The molecule has 0 N–H and O–H groups in total. The van der Waals surface area contributed by atoms with Gasteiger partial charge in [0, 0.05) is 12.8 Å². The Morgan fingerprint density at radius 1 is 0.905 bits per heavy atom. The lowest BCUT2D eigenvalue weighted by Crippen LogP contribution is -2.11. The Kier molecular flexibility index (Phi) is 9.60. The quantitative estimate of drug-likeness (QED) is 0.276. The monoisotopic (exact) mass is 288 g/mol. The fourth-order valence-electron chi connectivity index (χ4n) is 2.52. The van der Waals surface area contributed by atoms with Crippen LogP contribution in [0.2, 0.25) is 0 Å². The highest BCUT2D eigenvalue weighted by atomic mass is 15.4. The van der Waals surface area contributed by atoms with Gasteiger partial charge in [0.2, 0.25) is 0 Å². The van der Waals surface area contributed by atoms with Crippen molar-refractivity contribution in [3.05, 3.63) is 30.3 Å². The molecule has 1 rings (SSSR count). The van der Waals surface area contributed by atoms with Crippen LogP contribution in [0.3, 0.4) is 0 Å². The zero-order chi connectivity index (χ0) is 15.3. The van der Waals surface area contributed by atoms with Crippen molar-refractivity contribution in [2.45, 2.75) is 71.6 Å². The maximum Gasteiger partial charge on any atom is 0.0590 e. The van der Waals surface area contributed by atoms with Gasteiger partial charge in [-0.15, -0.1) is 0 Å². The van der Waals surface area contributed by atoms with Gasteiger partial charge in [-0.25, -0.2) is 0 Å². The summed E-state index contributed by atoms with van der Waals surface area (Å²) in [5.41, 5.74) is 2.38. The van der Waals surface area contributed by atoms with Gasteiger partial charge in [0.05, 0.1) is 5.69 Å². The molecular weight excluding hydrogens is 256 g/mol. The van der Waals surface area contributed by atoms with Crippen molar-refractivity contribution in [2.24, 2.45) is 5.10 Å². The lowest BCUT2D eigenvalue weighted by Gasteiger charge is -2.14. The van der Waals surface area contributed by atoms with Crippen molar-refractivity contribution in [1.29, 1.82) is 0 Å². The van der Waals surface area contributed by atoms with Gasteiger partial charge in [-0.05, 0) is 31.9 Å². The molecule has 0 bridgehead atoms. The molecule has 0 aliphatic carbocycles. The molecule has 1 aromatic carbocycles. The van der Waals surface area contributed by atoms with E-state index in [4.69, 9.17) is 0 Å². The van der Waals surface area contributed by atoms with Gasteiger partial charge >= 0.3 is 0 Å². The third-order valence-electron chi connectivity index (χ3n) is 3.84. The largest absolute Gasteiger partial charge is 0.269 e. The molecule has 0 aromatic heterocycles. The summed E-state index contributed by atoms with van der Waals surface area (Å²) in [6.07, 6.45) is 12.1.